The molecule has 0 fully saturated rings. The van der Waals surface area contributed by atoms with Crippen molar-refractivity contribution >= 4 is 28.8 Å². The van der Waals surface area contributed by atoms with Gasteiger partial charge in [-0.05, 0) is 43.2 Å². The van der Waals surface area contributed by atoms with Crippen LogP contribution in [0.2, 0.25) is 5.02 Å². The Morgan fingerprint density at radius 2 is 2.04 bits per heavy atom. The van der Waals surface area contributed by atoms with Crippen molar-refractivity contribution < 1.29 is 9.53 Å². The van der Waals surface area contributed by atoms with Gasteiger partial charge in [0.1, 0.15) is 17.4 Å². The zero-order valence-electron chi connectivity index (χ0n) is 15.2. The molecule has 6 heteroatoms. The molecule has 0 aliphatic rings. The van der Waals surface area contributed by atoms with Crippen molar-refractivity contribution in [3.8, 4) is 5.75 Å². The quantitative estimate of drug-likeness (QED) is 0.600. The summed E-state index contributed by atoms with van der Waals surface area (Å²) in [6, 6.07) is 15.4. The number of rotatable bonds is 7. The predicted octanol–water partition coefficient (Wildman–Crippen LogP) is 5.10. The van der Waals surface area contributed by atoms with Gasteiger partial charge in [0.2, 0.25) is 5.91 Å². The Bertz CT molecular complexity index is 912. The predicted molar refractivity (Wildman–Crippen MR) is 109 cm³/mol. The largest absolute Gasteiger partial charge is 0.486 e. The van der Waals surface area contributed by atoms with Crippen molar-refractivity contribution in [2.45, 2.75) is 32.9 Å². The minimum Gasteiger partial charge on any atom is -0.486 e. The lowest BCUT2D eigenvalue weighted by atomic mass is 10.1. The summed E-state index contributed by atoms with van der Waals surface area (Å²) < 4.78 is 5.76. The Morgan fingerprint density at radius 1 is 1.26 bits per heavy atom. The molecule has 1 aromatic heterocycles. The number of aromatic nitrogens is 1. The van der Waals surface area contributed by atoms with Crippen molar-refractivity contribution in [1.82, 2.24) is 10.3 Å². The molecule has 0 radical (unpaired) electrons. The number of ether oxygens (including phenoxy) is 1. The first kappa shape index (κ1) is 19.4. The van der Waals surface area contributed by atoms with Crippen LogP contribution in [0.4, 0.5) is 0 Å². The second-order valence-corrected chi connectivity index (χ2v) is 7.66. The lowest BCUT2D eigenvalue weighted by Gasteiger charge is -2.13. The Balaban J connectivity index is 1.51. The molecule has 0 saturated carbocycles. The minimum atomic E-state index is -0.0440. The monoisotopic (exact) mass is 400 g/mol. The zero-order valence-corrected chi connectivity index (χ0v) is 16.8. The maximum atomic E-state index is 12.3. The molecule has 1 atom stereocenters. The highest BCUT2D eigenvalue weighted by atomic mass is 35.5. The van der Waals surface area contributed by atoms with Gasteiger partial charge in [-0.3, -0.25) is 4.79 Å². The third kappa shape index (κ3) is 5.55. The van der Waals surface area contributed by atoms with Gasteiger partial charge in [0.15, 0.2) is 0 Å². The lowest BCUT2D eigenvalue weighted by Crippen LogP contribution is -2.28. The molecule has 2 aromatic carbocycles. The highest BCUT2D eigenvalue weighted by Gasteiger charge is 2.12. The van der Waals surface area contributed by atoms with E-state index in [0.717, 1.165) is 32.6 Å². The molecular formula is C21H21ClN2O2S. The maximum absolute atomic E-state index is 12.3. The SMILES string of the molecule is Cc1cc(OCc2nc(CC(=O)NC(C)c3ccccc3)cs2)ccc1Cl. The van der Waals surface area contributed by atoms with Gasteiger partial charge < -0.3 is 10.1 Å². The fourth-order valence-corrected chi connectivity index (χ4v) is 3.45. The van der Waals surface area contributed by atoms with Gasteiger partial charge in [-0.2, -0.15) is 0 Å². The van der Waals surface area contributed by atoms with E-state index in [-0.39, 0.29) is 18.4 Å². The van der Waals surface area contributed by atoms with Crippen LogP contribution in [-0.2, 0) is 17.8 Å². The summed E-state index contributed by atoms with van der Waals surface area (Å²) in [6.07, 6.45) is 0.258. The van der Waals surface area contributed by atoms with Crippen molar-refractivity contribution in [1.29, 1.82) is 0 Å². The van der Waals surface area contributed by atoms with Crippen LogP contribution >= 0.6 is 22.9 Å². The summed E-state index contributed by atoms with van der Waals surface area (Å²) in [5.41, 5.74) is 2.80. The summed E-state index contributed by atoms with van der Waals surface area (Å²) in [6.45, 7) is 4.28. The number of carbonyl (C=O) groups excluding carboxylic acids is 1. The van der Waals surface area contributed by atoms with Gasteiger partial charge in [-0.1, -0.05) is 41.9 Å². The van der Waals surface area contributed by atoms with Gasteiger partial charge in [-0.25, -0.2) is 4.98 Å². The van der Waals surface area contributed by atoms with Crippen LogP contribution < -0.4 is 10.1 Å². The van der Waals surface area contributed by atoms with Gasteiger partial charge in [0, 0.05) is 10.4 Å². The van der Waals surface area contributed by atoms with Crippen molar-refractivity contribution in [2.75, 3.05) is 0 Å². The summed E-state index contributed by atoms with van der Waals surface area (Å²) >= 11 is 7.51. The molecule has 1 N–H and O–H groups in total. The highest BCUT2D eigenvalue weighted by molar-refractivity contribution is 7.09. The zero-order chi connectivity index (χ0) is 19.2. The van der Waals surface area contributed by atoms with E-state index in [4.69, 9.17) is 16.3 Å². The van der Waals surface area contributed by atoms with Crippen LogP contribution in [0.25, 0.3) is 0 Å². The van der Waals surface area contributed by atoms with Crippen LogP contribution in [0.5, 0.6) is 5.75 Å². The molecule has 1 unspecified atom stereocenters. The molecule has 140 valence electrons. The first-order valence-corrected chi connectivity index (χ1v) is 9.93. The number of aryl methyl sites for hydroxylation is 1. The molecule has 3 aromatic rings. The highest BCUT2D eigenvalue weighted by Crippen LogP contribution is 2.22. The summed E-state index contributed by atoms with van der Waals surface area (Å²) in [4.78, 5) is 16.8. The number of hydrogen-bond donors (Lipinski definition) is 1. The number of benzene rings is 2. The van der Waals surface area contributed by atoms with E-state index in [2.05, 4.69) is 10.3 Å². The van der Waals surface area contributed by atoms with Crippen molar-refractivity contribution in [3.05, 3.63) is 80.8 Å². The first-order chi connectivity index (χ1) is 13.0. The standard InChI is InChI=1S/C21H21ClN2O2S/c1-14-10-18(8-9-19(14)22)26-12-21-24-17(13-27-21)11-20(25)23-15(2)16-6-4-3-5-7-16/h3-10,13,15H,11-12H2,1-2H3,(H,23,25). The van der Waals surface area contributed by atoms with Crippen LogP contribution in [0.1, 0.15) is 34.8 Å². The smallest absolute Gasteiger partial charge is 0.226 e. The summed E-state index contributed by atoms with van der Waals surface area (Å²) in [5, 5.41) is 6.46. The Kier molecular flexibility index (Phi) is 6.48. The number of nitrogens with zero attached hydrogens (tertiary/aromatic N) is 1. The second-order valence-electron chi connectivity index (χ2n) is 6.31. The topological polar surface area (TPSA) is 51.2 Å². The fourth-order valence-electron chi connectivity index (χ4n) is 2.63. The fraction of sp³-hybridized carbons (Fsp3) is 0.238. The second kappa shape index (κ2) is 9.02. The lowest BCUT2D eigenvalue weighted by molar-refractivity contribution is -0.121. The molecule has 0 spiro atoms. The van der Waals surface area contributed by atoms with E-state index in [0.29, 0.717) is 6.61 Å². The van der Waals surface area contributed by atoms with E-state index in [9.17, 15) is 4.79 Å². The van der Waals surface area contributed by atoms with Gasteiger partial charge in [-0.15, -0.1) is 11.3 Å². The van der Waals surface area contributed by atoms with Crippen LogP contribution in [0.3, 0.4) is 0 Å². The van der Waals surface area contributed by atoms with Gasteiger partial charge in [0.25, 0.3) is 0 Å². The molecule has 3 rings (SSSR count). The van der Waals surface area contributed by atoms with E-state index in [1.807, 2.05) is 67.8 Å². The molecule has 0 bridgehead atoms. The molecule has 1 heterocycles. The maximum Gasteiger partial charge on any atom is 0.226 e. The Hall–Kier alpha value is -2.37. The molecule has 4 nitrogen and oxygen atoms in total. The number of halogens is 1. The summed E-state index contributed by atoms with van der Waals surface area (Å²) in [5.74, 6) is 0.709. The molecule has 1 amide bonds. The normalized spacial score (nSPS) is 11.8. The van der Waals surface area contributed by atoms with Crippen molar-refractivity contribution in [3.63, 3.8) is 0 Å². The number of carbonyl (C=O) groups is 1. The summed E-state index contributed by atoms with van der Waals surface area (Å²) in [7, 11) is 0. The Morgan fingerprint density at radius 3 is 2.78 bits per heavy atom. The van der Waals surface area contributed by atoms with Gasteiger partial charge in [0.05, 0.1) is 18.2 Å². The molecule has 27 heavy (non-hydrogen) atoms. The number of amides is 1. The van der Waals surface area contributed by atoms with E-state index in [1.54, 1.807) is 0 Å². The van der Waals surface area contributed by atoms with Crippen LogP contribution in [0, 0.1) is 6.92 Å². The third-order valence-corrected chi connectivity index (χ3v) is 5.40. The number of hydrogen-bond acceptors (Lipinski definition) is 4. The minimum absolute atomic E-state index is 0.0340. The van der Waals surface area contributed by atoms with E-state index < -0.39 is 0 Å². The average molecular weight is 401 g/mol. The Labute approximate surface area is 168 Å². The van der Waals surface area contributed by atoms with Gasteiger partial charge >= 0.3 is 0 Å². The number of thiazole rings is 1. The molecule has 0 aliphatic carbocycles. The van der Waals surface area contributed by atoms with E-state index >= 15 is 0 Å². The number of nitrogens with one attached hydrogen (secondary N) is 1. The van der Waals surface area contributed by atoms with Crippen LogP contribution in [-0.4, -0.2) is 10.9 Å². The third-order valence-electron chi connectivity index (χ3n) is 4.11. The van der Waals surface area contributed by atoms with Crippen LogP contribution in [0.15, 0.2) is 53.9 Å². The molecule has 0 saturated heterocycles. The van der Waals surface area contributed by atoms with E-state index in [1.165, 1.54) is 11.3 Å². The average Bonchev–Trinajstić information content (AvgIpc) is 3.10. The first-order valence-electron chi connectivity index (χ1n) is 8.68. The molecule has 0 aliphatic heterocycles. The van der Waals surface area contributed by atoms with Crippen molar-refractivity contribution in [2.24, 2.45) is 0 Å². The molecular weight excluding hydrogens is 380 g/mol.